The van der Waals surface area contributed by atoms with Crippen molar-refractivity contribution >= 4 is 40.8 Å². The number of nitrogens with one attached hydrogen (secondary N) is 1. The summed E-state index contributed by atoms with van der Waals surface area (Å²) >= 11 is 5.89. The summed E-state index contributed by atoms with van der Waals surface area (Å²) in [6, 6.07) is 5.61. The zero-order valence-electron chi connectivity index (χ0n) is 17.7. The molecule has 0 bridgehead atoms. The van der Waals surface area contributed by atoms with Crippen LogP contribution in [0.15, 0.2) is 39.4 Å². The highest BCUT2D eigenvalue weighted by Crippen LogP contribution is 2.49. The predicted molar refractivity (Wildman–Crippen MR) is 117 cm³/mol. The van der Waals surface area contributed by atoms with Gasteiger partial charge in [0, 0.05) is 31.2 Å². The van der Waals surface area contributed by atoms with Gasteiger partial charge >= 0.3 is 5.69 Å². The third kappa shape index (κ3) is 2.89. The van der Waals surface area contributed by atoms with E-state index in [0.717, 1.165) is 14.0 Å². The van der Waals surface area contributed by atoms with Crippen molar-refractivity contribution in [2.45, 2.75) is 18.6 Å². The van der Waals surface area contributed by atoms with E-state index in [9.17, 15) is 34.2 Å². The van der Waals surface area contributed by atoms with E-state index in [-0.39, 0.29) is 16.9 Å². The lowest BCUT2D eigenvalue weighted by atomic mass is 9.82. The van der Waals surface area contributed by atoms with Crippen molar-refractivity contribution in [2.75, 3.05) is 11.9 Å². The summed E-state index contributed by atoms with van der Waals surface area (Å²) in [6.45, 7) is 0.833. The highest BCUT2D eigenvalue weighted by atomic mass is 35.5. The summed E-state index contributed by atoms with van der Waals surface area (Å²) in [4.78, 5) is 66.2. The lowest BCUT2D eigenvalue weighted by Crippen LogP contribution is -2.54. The lowest BCUT2D eigenvalue weighted by Gasteiger charge is -2.33. The van der Waals surface area contributed by atoms with Crippen LogP contribution in [0.5, 0.6) is 0 Å². The first-order chi connectivity index (χ1) is 15.4. The van der Waals surface area contributed by atoms with Crippen molar-refractivity contribution in [1.82, 2.24) is 14.0 Å². The molecular formula is C21H19ClN4O7. The van der Waals surface area contributed by atoms with Crippen molar-refractivity contribution in [2.24, 2.45) is 14.1 Å². The van der Waals surface area contributed by atoms with Gasteiger partial charge in [0.15, 0.2) is 5.54 Å². The van der Waals surface area contributed by atoms with Crippen molar-refractivity contribution in [1.29, 1.82) is 0 Å². The number of fused-ring (bicyclic) bond motifs is 2. The normalized spacial score (nSPS) is 22.1. The van der Waals surface area contributed by atoms with Crippen LogP contribution in [0.1, 0.15) is 18.1 Å². The third-order valence-electron chi connectivity index (χ3n) is 5.82. The van der Waals surface area contributed by atoms with Gasteiger partial charge < -0.3 is 20.4 Å². The Morgan fingerprint density at radius 2 is 1.70 bits per heavy atom. The molecule has 0 saturated carbocycles. The van der Waals surface area contributed by atoms with Gasteiger partial charge in [-0.1, -0.05) is 11.6 Å². The van der Waals surface area contributed by atoms with Crippen LogP contribution in [0.3, 0.4) is 0 Å². The predicted octanol–water partition coefficient (Wildman–Crippen LogP) is -0.354. The van der Waals surface area contributed by atoms with Crippen LogP contribution in [-0.2, 0) is 34.0 Å². The molecule has 3 N–H and O–H groups in total. The molecule has 1 saturated heterocycles. The first-order valence-corrected chi connectivity index (χ1v) is 10.2. The number of aliphatic hydroxyl groups is 2. The number of aliphatic hydroxyl groups excluding tert-OH is 2. The average Bonchev–Trinajstić information content (AvgIpc) is 3.18. The number of halogens is 1. The van der Waals surface area contributed by atoms with E-state index in [2.05, 4.69) is 5.32 Å². The Bertz CT molecular complexity index is 1390. The van der Waals surface area contributed by atoms with Crippen LogP contribution >= 0.6 is 11.6 Å². The van der Waals surface area contributed by atoms with Crippen LogP contribution in [0, 0.1) is 0 Å². The average molecular weight is 475 g/mol. The fourth-order valence-electron chi connectivity index (χ4n) is 4.32. The lowest BCUT2D eigenvalue weighted by molar-refractivity contribution is -0.144. The number of benzene rings is 1. The second kappa shape index (κ2) is 7.42. The van der Waals surface area contributed by atoms with Gasteiger partial charge in [-0.15, -0.1) is 0 Å². The van der Waals surface area contributed by atoms with E-state index in [4.69, 9.17) is 11.6 Å². The Balaban J connectivity index is 2.18. The van der Waals surface area contributed by atoms with Gasteiger partial charge in [-0.2, -0.15) is 0 Å². The SMILES string of the molecule is CC(O)CN1C(=O)C(=O)/C(=C(/O)c2ccc(Cl)cc2)C12C(=O)Nc1c2c(=O)n(C)c(=O)n1C. The molecule has 33 heavy (non-hydrogen) atoms. The molecule has 11 nitrogen and oxygen atoms in total. The topological polar surface area (TPSA) is 151 Å². The number of hydrogen-bond acceptors (Lipinski definition) is 7. The summed E-state index contributed by atoms with van der Waals surface area (Å²) in [7, 11) is 2.49. The second-order valence-corrected chi connectivity index (χ2v) is 8.35. The maximum absolute atomic E-state index is 13.5. The van der Waals surface area contributed by atoms with E-state index in [0.29, 0.717) is 5.02 Å². The second-order valence-electron chi connectivity index (χ2n) is 7.92. The largest absolute Gasteiger partial charge is 0.507 e. The number of nitrogens with zero attached hydrogens (tertiary/aromatic N) is 3. The molecule has 12 heteroatoms. The Hall–Kier alpha value is -3.70. The molecule has 1 spiro atoms. The quantitative estimate of drug-likeness (QED) is 0.312. The highest BCUT2D eigenvalue weighted by Gasteiger charge is 2.67. The number of rotatable bonds is 3. The van der Waals surface area contributed by atoms with E-state index >= 15 is 0 Å². The Morgan fingerprint density at radius 1 is 1.09 bits per heavy atom. The minimum Gasteiger partial charge on any atom is -0.507 e. The Labute approximate surface area is 191 Å². The molecule has 2 aliphatic rings. The first-order valence-electron chi connectivity index (χ1n) is 9.80. The van der Waals surface area contributed by atoms with Gasteiger partial charge in [-0.25, -0.2) is 4.79 Å². The van der Waals surface area contributed by atoms with Crippen molar-refractivity contribution in [3.05, 3.63) is 66.8 Å². The highest BCUT2D eigenvalue weighted by molar-refractivity contribution is 6.49. The van der Waals surface area contributed by atoms with Gasteiger partial charge in [0.25, 0.3) is 23.2 Å². The molecule has 0 aliphatic carbocycles. The zero-order chi connectivity index (χ0) is 24.4. The van der Waals surface area contributed by atoms with Gasteiger partial charge in [0.05, 0.1) is 17.2 Å². The summed E-state index contributed by atoms with van der Waals surface area (Å²) < 4.78 is 1.72. The van der Waals surface area contributed by atoms with Crippen molar-refractivity contribution < 1.29 is 24.6 Å². The van der Waals surface area contributed by atoms with Crippen LogP contribution in [0.4, 0.5) is 5.82 Å². The van der Waals surface area contributed by atoms with Crippen LogP contribution < -0.4 is 16.6 Å². The number of ketones is 1. The molecular weight excluding hydrogens is 456 g/mol. The smallest absolute Gasteiger partial charge is 0.332 e. The molecule has 2 amide bonds. The maximum Gasteiger partial charge on any atom is 0.332 e. The number of amides is 2. The van der Waals surface area contributed by atoms with Gasteiger partial charge in [-0.05, 0) is 31.2 Å². The van der Waals surface area contributed by atoms with E-state index in [1.165, 1.54) is 45.3 Å². The number of likely N-dealkylation sites (tertiary alicyclic amines) is 1. The van der Waals surface area contributed by atoms with E-state index < -0.39 is 58.4 Å². The number of Topliss-reactive ketones (excluding diaryl/α,β-unsaturated/α-hetero) is 1. The number of carbonyl (C=O) groups is 3. The molecule has 2 aromatic rings. The standard InChI is InChI=1S/C21H19ClN4O7/c1-9(27)8-26-18(31)15(29)12(14(28)10-4-6-11(22)7-5-10)21(26)13-16(23-19(21)32)24(2)20(33)25(3)17(13)30/h4-7,9,27-28H,8H2,1-3H3,(H,23,32)/b14-12-. The van der Waals surface area contributed by atoms with Crippen LogP contribution in [0.25, 0.3) is 5.76 Å². The number of anilines is 1. The Kier molecular flexibility index (Phi) is 5.06. The molecule has 2 aliphatic heterocycles. The number of hydrogen-bond donors (Lipinski definition) is 3. The van der Waals surface area contributed by atoms with Crippen molar-refractivity contribution in [3.63, 3.8) is 0 Å². The van der Waals surface area contributed by atoms with E-state index in [1.54, 1.807) is 0 Å². The van der Waals surface area contributed by atoms with E-state index in [1.807, 2.05) is 0 Å². The monoisotopic (exact) mass is 474 g/mol. The summed E-state index contributed by atoms with van der Waals surface area (Å²) in [5.74, 6) is -4.33. The number of carbonyl (C=O) groups excluding carboxylic acids is 3. The van der Waals surface area contributed by atoms with Gasteiger partial charge in [0.1, 0.15) is 11.6 Å². The molecule has 1 fully saturated rings. The fraction of sp³-hybridized carbons (Fsp3) is 0.286. The number of β-amino-alcohol motifs (C(OH)–C–C–N with tert-alkyl or cyclic N) is 1. The molecule has 3 heterocycles. The zero-order valence-corrected chi connectivity index (χ0v) is 18.5. The first kappa shape index (κ1) is 22.5. The summed E-state index contributed by atoms with van der Waals surface area (Å²) in [5, 5.41) is 23.9. The number of aromatic nitrogens is 2. The summed E-state index contributed by atoms with van der Waals surface area (Å²) in [5.41, 5.74) is -5.05. The molecule has 0 radical (unpaired) electrons. The third-order valence-corrected chi connectivity index (χ3v) is 6.07. The fourth-order valence-corrected chi connectivity index (χ4v) is 4.45. The van der Waals surface area contributed by atoms with Gasteiger partial charge in [0.2, 0.25) is 0 Å². The maximum atomic E-state index is 13.5. The van der Waals surface area contributed by atoms with Crippen molar-refractivity contribution in [3.8, 4) is 0 Å². The molecule has 4 rings (SSSR count). The van der Waals surface area contributed by atoms with Crippen LogP contribution in [-0.4, -0.2) is 54.5 Å². The minimum atomic E-state index is -2.40. The van der Waals surface area contributed by atoms with Crippen LogP contribution in [0.2, 0.25) is 5.02 Å². The molecule has 1 aromatic carbocycles. The molecule has 1 aromatic heterocycles. The molecule has 2 unspecified atom stereocenters. The molecule has 2 atom stereocenters. The molecule has 172 valence electrons. The Morgan fingerprint density at radius 3 is 2.27 bits per heavy atom. The minimum absolute atomic E-state index is 0.0664. The van der Waals surface area contributed by atoms with Gasteiger partial charge in [-0.3, -0.25) is 28.3 Å². The summed E-state index contributed by atoms with van der Waals surface area (Å²) in [6.07, 6.45) is -1.19.